The number of hydrogen-bond donors (Lipinski definition) is 1. The van der Waals surface area contributed by atoms with Crippen LogP contribution in [0.3, 0.4) is 0 Å². The van der Waals surface area contributed by atoms with Crippen LogP contribution in [0.5, 0.6) is 5.75 Å². The number of rotatable bonds is 8. The fourth-order valence-electron chi connectivity index (χ4n) is 5.52. The number of halogens is 1. The van der Waals surface area contributed by atoms with Gasteiger partial charge >= 0.3 is 0 Å². The molecular weight excluding hydrogens is 432 g/mol. The Morgan fingerprint density at radius 3 is 2.39 bits per heavy atom. The molecule has 1 saturated carbocycles. The van der Waals surface area contributed by atoms with Crippen LogP contribution in [-0.2, 0) is 6.61 Å². The highest BCUT2D eigenvalue weighted by Crippen LogP contribution is 2.41. The average Bonchev–Trinajstić information content (AvgIpc) is 2.83. The molecule has 2 aliphatic rings. The Balaban J connectivity index is 1.51. The highest BCUT2D eigenvalue weighted by Gasteiger charge is 2.36. The summed E-state index contributed by atoms with van der Waals surface area (Å²) in [6, 6.07) is 17.2. The molecule has 1 unspecified atom stereocenters. The first-order valence-corrected chi connectivity index (χ1v) is 12.9. The Labute approximate surface area is 204 Å². The summed E-state index contributed by atoms with van der Waals surface area (Å²) in [4.78, 5) is 4.92. The van der Waals surface area contributed by atoms with E-state index in [1.165, 1.54) is 12.0 Å². The largest absolute Gasteiger partial charge is 0.487 e. The van der Waals surface area contributed by atoms with Gasteiger partial charge in [0.2, 0.25) is 0 Å². The third-order valence-corrected chi connectivity index (χ3v) is 7.90. The van der Waals surface area contributed by atoms with E-state index in [2.05, 4.69) is 48.2 Å². The van der Waals surface area contributed by atoms with Crippen LogP contribution >= 0.6 is 11.6 Å². The zero-order valence-electron chi connectivity index (χ0n) is 20.2. The molecule has 180 valence electrons. The number of aliphatic hydroxyl groups is 1. The lowest BCUT2D eigenvalue weighted by Crippen LogP contribution is -2.45. The van der Waals surface area contributed by atoms with Crippen LogP contribution in [-0.4, -0.2) is 53.7 Å². The smallest absolute Gasteiger partial charge is 0.138 e. The van der Waals surface area contributed by atoms with E-state index in [4.69, 9.17) is 16.3 Å². The fraction of sp³-hybridized carbons (Fsp3) is 0.571. The molecule has 5 heteroatoms. The van der Waals surface area contributed by atoms with Crippen molar-refractivity contribution in [3.8, 4) is 5.75 Å². The van der Waals surface area contributed by atoms with Gasteiger partial charge in [0.05, 0.1) is 10.6 Å². The summed E-state index contributed by atoms with van der Waals surface area (Å²) in [6.07, 6.45) is 8.40. The van der Waals surface area contributed by atoms with E-state index in [-0.39, 0.29) is 6.04 Å². The molecule has 2 aromatic carbocycles. The maximum absolute atomic E-state index is 11.4. The van der Waals surface area contributed by atoms with Gasteiger partial charge < -0.3 is 14.7 Å². The van der Waals surface area contributed by atoms with E-state index in [1.54, 1.807) is 0 Å². The van der Waals surface area contributed by atoms with Crippen LogP contribution in [0.25, 0.3) is 0 Å². The van der Waals surface area contributed by atoms with Crippen LogP contribution in [0.4, 0.5) is 0 Å². The summed E-state index contributed by atoms with van der Waals surface area (Å²) in [5, 5.41) is 12.1. The van der Waals surface area contributed by atoms with E-state index in [0.29, 0.717) is 23.4 Å². The van der Waals surface area contributed by atoms with Crippen LogP contribution < -0.4 is 4.74 Å². The number of ether oxygens (including phenoxy) is 1. The molecule has 1 aliphatic carbocycles. The molecule has 1 heterocycles. The van der Waals surface area contributed by atoms with Gasteiger partial charge in [-0.25, -0.2) is 0 Å². The molecule has 4 rings (SSSR count). The molecule has 2 aromatic rings. The number of benzene rings is 2. The standard InChI is InChI=1S/C28H39ClN2O2/c1-30(2)24-13-17-31(18-14-24)26(20-28(32)15-7-4-8-16-28)23-11-12-27(25(29)19-23)33-21-22-9-5-3-6-10-22/h3,5-6,9-12,19,24,26,32H,4,7-8,13-18,20-21H2,1-2H3. The molecule has 0 bridgehead atoms. The van der Waals surface area contributed by atoms with Gasteiger partial charge in [0, 0.05) is 25.2 Å². The van der Waals surface area contributed by atoms with Crippen molar-refractivity contribution in [3.63, 3.8) is 0 Å². The van der Waals surface area contributed by atoms with E-state index in [1.807, 2.05) is 24.3 Å². The van der Waals surface area contributed by atoms with Gasteiger partial charge in [-0.3, -0.25) is 4.90 Å². The number of likely N-dealkylation sites (tertiary alicyclic amines) is 1. The predicted molar refractivity (Wildman–Crippen MR) is 136 cm³/mol. The summed E-state index contributed by atoms with van der Waals surface area (Å²) in [5.74, 6) is 0.714. The van der Waals surface area contributed by atoms with Gasteiger partial charge in [-0.15, -0.1) is 0 Å². The summed E-state index contributed by atoms with van der Waals surface area (Å²) in [6.45, 7) is 2.60. The summed E-state index contributed by atoms with van der Waals surface area (Å²) >= 11 is 6.71. The maximum Gasteiger partial charge on any atom is 0.138 e. The first-order chi connectivity index (χ1) is 15.9. The molecule has 1 saturated heterocycles. The minimum atomic E-state index is -0.573. The van der Waals surface area contributed by atoms with Gasteiger partial charge in [-0.1, -0.05) is 67.3 Å². The summed E-state index contributed by atoms with van der Waals surface area (Å²) in [7, 11) is 4.35. The molecule has 33 heavy (non-hydrogen) atoms. The van der Waals surface area contributed by atoms with Gasteiger partial charge in [0.15, 0.2) is 0 Å². The van der Waals surface area contributed by atoms with E-state index < -0.39 is 5.60 Å². The van der Waals surface area contributed by atoms with E-state index >= 15 is 0 Å². The fourth-order valence-corrected chi connectivity index (χ4v) is 5.77. The van der Waals surface area contributed by atoms with Crippen molar-refractivity contribution in [2.75, 3.05) is 27.2 Å². The summed E-state index contributed by atoms with van der Waals surface area (Å²) in [5.41, 5.74) is 1.74. The van der Waals surface area contributed by atoms with Crippen molar-refractivity contribution in [2.24, 2.45) is 0 Å². The predicted octanol–water partition coefficient (Wildman–Crippen LogP) is 6.07. The second-order valence-electron chi connectivity index (χ2n) is 10.2. The molecule has 4 nitrogen and oxygen atoms in total. The molecule has 1 atom stereocenters. The van der Waals surface area contributed by atoms with Crippen molar-refractivity contribution in [1.82, 2.24) is 9.80 Å². The number of piperidine rings is 1. The Bertz CT molecular complexity index is 875. The highest BCUT2D eigenvalue weighted by molar-refractivity contribution is 6.32. The van der Waals surface area contributed by atoms with Crippen LogP contribution in [0.1, 0.15) is 68.5 Å². The molecule has 0 radical (unpaired) electrons. The van der Waals surface area contributed by atoms with E-state index in [0.717, 1.165) is 63.6 Å². The monoisotopic (exact) mass is 470 g/mol. The van der Waals surface area contributed by atoms with Crippen molar-refractivity contribution in [1.29, 1.82) is 0 Å². The van der Waals surface area contributed by atoms with Crippen LogP contribution in [0.15, 0.2) is 48.5 Å². The van der Waals surface area contributed by atoms with Gasteiger partial charge in [-0.05, 0) is 69.5 Å². The molecule has 0 amide bonds. The Morgan fingerprint density at radius 1 is 1.06 bits per heavy atom. The summed E-state index contributed by atoms with van der Waals surface area (Å²) < 4.78 is 6.01. The first kappa shape index (κ1) is 24.5. The second kappa shape index (κ2) is 11.2. The van der Waals surface area contributed by atoms with Crippen LogP contribution in [0, 0.1) is 0 Å². The maximum atomic E-state index is 11.4. The van der Waals surface area contributed by atoms with Crippen molar-refractivity contribution in [3.05, 3.63) is 64.7 Å². The lowest BCUT2D eigenvalue weighted by molar-refractivity contribution is -0.0330. The third-order valence-electron chi connectivity index (χ3n) is 7.61. The van der Waals surface area contributed by atoms with Crippen molar-refractivity contribution >= 4 is 11.6 Å². The minimum absolute atomic E-state index is 0.178. The Morgan fingerprint density at radius 2 is 1.76 bits per heavy atom. The molecule has 0 aromatic heterocycles. The van der Waals surface area contributed by atoms with Gasteiger partial charge in [0.25, 0.3) is 0 Å². The number of nitrogens with zero attached hydrogens (tertiary/aromatic N) is 2. The van der Waals surface area contributed by atoms with Crippen LogP contribution in [0.2, 0.25) is 5.02 Å². The second-order valence-corrected chi connectivity index (χ2v) is 10.6. The molecule has 2 fully saturated rings. The SMILES string of the molecule is CN(C)C1CCN(C(CC2(O)CCCCC2)c2ccc(OCc3ccccc3)c(Cl)c2)CC1. The molecular formula is C28H39ClN2O2. The van der Waals surface area contributed by atoms with Crippen molar-refractivity contribution in [2.45, 2.75) is 75.7 Å². The zero-order valence-corrected chi connectivity index (χ0v) is 20.9. The molecule has 0 spiro atoms. The molecule has 1 aliphatic heterocycles. The lowest BCUT2D eigenvalue weighted by Gasteiger charge is -2.43. The topological polar surface area (TPSA) is 35.9 Å². The van der Waals surface area contributed by atoms with Crippen molar-refractivity contribution < 1.29 is 9.84 Å². The number of hydrogen-bond acceptors (Lipinski definition) is 4. The normalized spacial score (nSPS) is 20.6. The quantitative estimate of drug-likeness (QED) is 0.507. The third kappa shape index (κ3) is 6.51. The Hall–Kier alpha value is -1.59. The Kier molecular flexibility index (Phi) is 8.34. The highest BCUT2D eigenvalue weighted by atomic mass is 35.5. The first-order valence-electron chi connectivity index (χ1n) is 12.5. The lowest BCUT2D eigenvalue weighted by atomic mass is 9.78. The van der Waals surface area contributed by atoms with Gasteiger partial charge in [-0.2, -0.15) is 0 Å². The van der Waals surface area contributed by atoms with E-state index in [9.17, 15) is 5.11 Å². The zero-order chi connectivity index (χ0) is 23.3. The minimum Gasteiger partial charge on any atom is -0.487 e. The van der Waals surface area contributed by atoms with Gasteiger partial charge in [0.1, 0.15) is 12.4 Å². The molecule has 1 N–H and O–H groups in total. The average molecular weight is 471 g/mol.